The third-order valence-electron chi connectivity index (χ3n) is 3.01. The number of benzene rings is 2. The lowest BCUT2D eigenvalue weighted by Crippen LogP contribution is -2.16. The second kappa shape index (κ2) is 8.39. The Kier molecular flexibility index (Phi) is 6.51. The Balaban J connectivity index is 1.79. The molecule has 23 heavy (non-hydrogen) atoms. The van der Waals surface area contributed by atoms with E-state index in [0.717, 1.165) is 5.56 Å². The fraction of sp³-hybridized carbons (Fsp3) is 0.176. The van der Waals surface area contributed by atoms with E-state index in [2.05, 4.69) is 0 Å². The number of hydrogen-bond donors (Lipinski definition) is 0. The van der Waals surface area contributed by atoms with E-state index >= 15 is 0 Å². The first-order valence-corrected chi connectivity index (χ1v) is 9.53. The molecule has 0 heterocycles. The molecule has 0 fully saturated rings. The van der Waals surface area contributed by atoms with Gasteiger partial charge in [-0.25, -0.2) is 8.42 Å². The molecule has 2 rings (SSSR count). The van der Waals surface area contributed by atoms with Crippen LogP contribution < -0.4 is 4.74 Å². The van der Waals surface area contributed by atoms with Crippen molar-refractivity contribution in [2.75, 3.05) is 18.1 Å². The number of ether oxygens (including phenoxy) is 1. The van der Waals surface area contributed by atoms with E-state index in [1.165, 1.54) is 0 Å². The van der Waals surface area contributed by atoms with Crippen LogP contribution in [0.25, 0.3) is 6.08 Å². The van der Waals surface area contributed by atoms with E-state index in [9.17, 15) is 8.42 Å². The smallest absolute Gasteiger partial charge is 0.157 e. The van der Waals surface area contributed by atoms with E-state index in [-0.39, 0.29) is 18.1 Å². The van der Waals surface area contributed by atoms with Crippen molar-refractivity contribution in [3.63, 3.8) is 0 Å². The van der Waals surface area contributed by atoms with Gasteiger partial charge in [0.05, 0.1) is 11.5 Å². The van der Waals surface area contributed by atoms with Crippen molar-refractivity contribution in [1.82, 2.24) is 0 Å². The van der Waals surface area contributed by atoms with Crippen molar-refractivity contribution in [3.05, 3.63) is 70.2 Å². The first-order chi connectivity index (χ1) is 10.9. The minimum absolute atomic E-state index is 0.0282. The van der Waals surface area contributed by atoms with Crippen LogP contribution >= 0.6 is 23.2 Å². The van der Waals surface area contributed by atoms with Gasteiger partial charge in [-0.2, -0.15) is 0 Å². The summed E-state index contributed by atoms with van der Waals surface area (Å²) in [4.78, 5) is 0. The minimum Gasteiger partial charge on any atom is -0.493 e. The molecule has 122 valence electrons. The summed E-state index contributed by atoms with van der Waals surface area (Å²) in [6.07, 6.45) is 3.38. The van der Waals surface area contributed by atoms with Crippen LogP contribution in [0.15, 0.2) is 54.6 Å². The van der Waals surface area contributed by atoms with Crippen LogP contribution in [0.3, 0.4) is 0 Å². The van der Waals surface area contributed by atoms with Crippen LogP contribution in [0.1, 0.15) is 5.56 Å². The van der Waals surface area contributed by atoms with Crippen molar-refractivity contribution >= 4 is 39.1 Å². The van der Waals surface area contributed by atoms with Gasteiger partial charge in [0, 0.05) is 10.0 Å². The molecule has 3 nitrogen and oxygen atoms in total. The highest BCUT2D eigenvalue weighted by atomic mass is 35.5. The molecule has 2 aromatic rings. The molecule has 0 aliphatic carbocycles. The normalized spacial score (nSPS) is 11.7. The number of rotatable bonds is 7. The SMILES string of the molecule is O=S(=O)(CC=Cc1ccc(Cl)cc1)CCOc1ccc(Cl)cc1. The maximum atomic E-state index is 11.9. The standard InChI is InChI=1S/C17H16Cl2O3S/c18-15-5-3-14(4-6-15)2-1-12-23(20,21)13-11-22-17-9-7-16(19)8-10-17/h1-10H,11-13H2. The second-order valence-electron chi connectivity index (χ2n) is 4.87. The molecular weight excluding hydrogens is 355 g/mol. The Bertz CT molecular complexity index is 751. The highest BCUT2D eigenvalue weighted by Crippen LogP contribution is 2.15. The molecule has 6 heteroatoms. The maximum Gasteiger partial charge on any atom is 0.157 e. The van der Waals surface area contributed by atoms with E-state index in [1.54, 1.807) is 48.6 Å². The minimum atomic E-state index is -3.20. The molecule has 2 aromatic carbocycles. The number of sulfone groups is 1. The molecule has 0 spiro atoms. The Morgan fingerprint density at radius 1 is 0.913 bits per heavy atom. The van der Waals surface area contributed by atoms with Gasteiger partial charge in [0.25, 0.3) is 0 Å². The van der Waals surface area contributed by atoms with Gasteiger partial charge in [-0.15, -0.1) is 0 Å². The zero-order valence-electron chi connectivity index (χ0n) is 12.3. The molecule has 0 unspecified atom stereocenters. The summed E-state index contributed by atoms with van der Waals surface area (Å²) in [6, 6.07) is 14.0. The Labute approximate surface area is 146 Å². The van der Waals surface area contributed by atoms with Crippen molar-refractivity contribution in [2.24, 2.45) is 0 Å². The molecule has 0 bridgehead atoms. The molecule has 0 aliphatic heterocycles. The topological polar surface area (TPSA) is 43.4 Å². The monoisotopic (exact) mass is 370 g/mol. The zero-order valence-corrected chi connectivity index (χ0v) is 14.6. The summed E-state index contributed by atoms with van der Waals surface area (Å²) in [5.74, 6) is 0.529. The molecule has 0 aromatic heterocycles. The first kappa shape index (κ1) is 17.9. The summed E-state index contributed by atoms with van der Waals surface area (Å²) in [7, 11) is -3.20. The van der Waals surface area contributed by atoms with Gasteiger partial charge in [0.15, 0.2) is 9.84 Å². The van der Waals surface area contributed by atoms with E-state index in [4.69, 9.17) is 27.9 Å². The summed E-state index contributed by atoms with van der Waals surface area (Å²) < 4.78 is 29.3. The van der Waals surface area contributed by atoms with Crippen molar-refractivity contribution in [2.45, 2.75) is 0 Å². The Morgan fingerprint density at radius 2 is 1.48 bits per heavy atom. The molecule has 0 saturated heterocycles. The summed E-state index contributed by atoms with van der Waals surface area (Å²) in [5.41, 5.74) is 0.905. The van der Waals surface area contributed by atoms with Crippen molar-refractivity contribution in [3.8, 4) is 5.75 Å². The largest absolute Gasteiger partial charge is 0.493 e. The molecule has 0 amide bonds. The van der Waals surface area contributed by atoms with Crippen LogP contribution in [-0.4, -0.2) is 26.5 Å². The maximum absolute atomic E-state index is 11.9. The van der Waals surface area contributed by atoms with Crippen molar-refractivity contribution < 1.29 is 13.2 Å². The highest BCUT2D eigenvalue weighted by Gasteiger charge is 2.08. The number of hydrogen-bond acceptors (Lipinski definition) is 3. The summed E-state index contributed by atoms with van der Waals surface area (Å²) in [5, 5.41) is 1.26. The first-order valence-electron chi connectivity index (χ1n) is 6.95. The molecule has 0 radical (unpaired) electrons. The highest BCUT2D eigenvalue weighted by molar-refractivity contribution is 7.91. The average molecular weight is 371 g/mol. The second-order valence-corrected chi connectivity index (χ2v) is 7.97. The third-order valence-corrected chi connectivity index (χ3v) is 5.00. The van der Waals surface area contributed by atoms with Gasteiger partial charge in [-0.3, -0.25) is 0 Å². The molecule has 0 aliphatic rings. The third kappa shape index (κ3) is 6.65. The van der Waals surface area contributed by atoms with E-state index in [1.807, 2.05) is 12.1 Å². The Hall–Kier alpha value is -1.49. The van der Waals surface area contributed by atoms with Crippen LogP contribution in [-0.2, 0) is 9.84 Å². The molecule has 0 atom stereocenters. The fourth-order valence-corrected chi connectivity index (χ4v) is 2.95. The van der Waals surface area contributed by atoms with Crippen LogP contribution in [0, 0.1) is 0 Å². The lowest BCUT2D eigenvalue weighted by atomic mass is 10.2. The van der Waals surface area contributed by atoms with Crippen molar-refractivity contribution in [1.29, 1.82) is 0 Å². The quantitative estimate of drug-likeness (QED) is 0.720. The van der Waals surface area contributed by atoms with Crippen LogP contribution in [0.4, 0.5) is 0 Å². The Morgan fingerprint density at radius 3 is 2.09 bits per heavy atom. The van der Waals surface area contributed by atoms with Crippen LogP contribution in [0.2, 0.25) is 10.0 Å². The van der Waals surface area contributed by atoms with E-state index in [0.29, 0.717) is 15.8 Å². The van der Waals surface area contributed by atoms with Gasteiger partial charge in [0.2, 0.25) is 0 Å². The lowest BCUT2D eigenvalue weighted by molar-refractivity contribution is 0.341. The predicted molar refractivity (Wildman–Crippen MR) is 96.1 cm³/mol. The van der Waals surface area contributed by atoms with Crippen LogP contribution in [0.5, 0.6) is 5.75 Å². The molecule has 0 N–H and O–H groups in total. The summed E-state index contributed by atoms with van der Waals surface area (Å²) in [6.45, 7) is 0.110. The molecule has 0 saturated carbocycles. The van der Waals surface area contributed by atoms with Gasteiger partial charge >= 0.3 is 0 Å². The molecular formula is C17H16Cl2O3S. The fourth-order valence-electron chi connectivity index (χ4n) is 1.81. The van der Waals surface area contributed by atoms with E-state index < -0.39 is 9.84 Å². The van der Waals surface area contributed by atoms with Gasteiger partial charge in [-0.1, -0.05) is 47.5 Å². The van der Waals surface area contributed by atoms with Gasteiger partial charge in [0.1, 0.15) is 12.4 Å². The lowest BCUT2D eigenvalue weighted by Gasteiger charge is -2.06. The van der Waals surface area contributed by atoms with Gasteiger partial charge in [-0.05, 0) is 42.0 Å². The average Bonchev–Trinajstić information content (AvgIpc) is 2.51. The zero-order chi connectivity index (χ0) is 16.7. The summed E-state index contributed by atoms with van der Waals surface area (Å²) >= 11 is 11.6. The predicted octanol–water partition coefficient (Wildman–Crippen LogP) is 4.50. The van der Waals surface area contributed by atoms with Gasteiger partial charge < -0.3 is 4.74 Å². The number of halogens is 2.